The highest BCUT2D eigenvalue weighted by Gasteiger charge is 2.38. The molecule has 0 atom stereocenters. The smallest absolute Gasteiger partial charge is 0.423 e. The maximum Gasteiger partial charge on any atom is 0.423 e. The normalized spacial score (nSPS) is 12.0. The van der Waals surface area contributed by atoms with E-state index >= 15 is 0 Å². The molecule has 0 radical (unpaired) electrons. The minimum atomic E-state index is -4.96. The lowest BCUT2D eigenvalue weighted by molar-refractivity contribution is -0.159. The molecule has 154 valence electrons. The fourth-order valence-corrected chi connectivity index (χ4v) is 1.98. The largest absolute Gasteiger partial charge is 0.494 e. The van der Waals surface area contributed by atoms with E-state index in [2.05, 4.69) is 20.0 Å². The molecule has 2 rings (SSSR count). The lowest BCUT2D eigenvalue weighted by atomic mass is 10.3. The van der Waals surface area contributed by atoms with E-state index in [0.717, 1.165) is 12.8 Å². The number of alkyl halides is 6. The number of hydrogen-bond donors (Lipinski definition) is 1. The molecule has 0 bridgehead atoms. The predicted molar refractivity (Wildman–Crippen MR) is 88.7 cm³/mol. The summed E-state index contributed by atoms with van der Waals surface area (Å²) in [5.41, 5.74) is -1.09. The number of halogens is 6. The molecule has 0 saturated heterocycles. The Bertz CT molecular complexity index is 763. The first-order valence-electron chi connectivity index (χ1n) is 8.22. The van der Waals surface area contributed by atoms with Gasteiger partial charge in [0.15, 0.2) is 6.61 Å². The summed E-state index contributed by atoms with van der Waals surface area (Å²) in [7, 11) is 0. The Morgan fingerprint density at radius 3 is 2.25 bits per heavy atom. The van der Waals surface area contributed by atoms with Gasteiger partial charge in [-0.25, -0.2) is 4.98 Å². The number of unbranched alkanes of at least 4 members (excludes halogenated alkanes) is 1. The van der Waals surface area contributed by atoms with E-state index in [4.69, 9.17) is 4.74 Å². The average molecular weight is 409 g/mol. The average Bonchev–Trinajstić information content (AvgIpc) is 2.60. The van der Waals surface area contributed by atoms with Gasteiger partial charge in [0, 0.05) is 11.9 Å². The first kappa shape index (κ1) is 21.6. The summed E-state index contributed by atoms with van der Waals surface area (Å²) < 4.78 is 85.3. The van der Waals surface area contributed by atoms with Crippen LogP contribution in [-0.2, 0) is 6.18 Å². The van der Waals surface area contributed by atoms with Gasteiger partial charge in [-0.1, -0.05) is 13.3 Å². The Kier molecular flexibility index (Phi) is 6.92. The Hall–Kier alpha value is -2.72. The van der Waals surface area contributed by atoms with Crippen LogP contribution >= 0.6 is 0 Å². The van der Waals surface area contributed by atoms with E-state index in [1.165, 1.54) is 0 Å². The molecule has 1 heterocycles. The quantitative estimate of drug-likeness (QED) is 0.470. The van der Waals surface area contributed by atoms with Crippen molar-refractivity contribution >= 4 is 11.6 Å². The van der Waals surface area contributed by atoms with E-state index in [1.54, 1.807) is 24.3 Å². The number of nitrogens with one attached hydrogen (secondary N) is 1. The zero-order valence-electron chi connectivity index (χ0n) is 14.7. The fraction of sp³-hybridized carbons (Fsp3) is 0.412. The summed E-state index contributed by atoms with van der Waals surface area (Å²) in [4.78, 5) is 6.92. The van der Waals surface area contributed by atoms with Crippen molar-refractivity contribution in [3.8, 4) is 11.6 Å². The SMILES string of the molecule is CCCCOc1ccc(Nc2ncc(C(F)(F)F)c(OCC(F)(F)F)n2)cc1. The lowest BCUT2D eigenvalue weighted by Crippen LogP contribution is -2.22. The lowest BCUT2D eigenvalue weighted by Gasteiger charge is -2.15. The molecule has 1 aromatic heterocycles. The van der Waals surface area contributed by atoms with Gasteiger partial charge in [-0.15, -0.1) is 0 Å². The minimum absolute atomic E-state index is 0.343. The molecule has 2 aromatic rings. The molecule has 0 spiro atoms. The van der Waals surface area contributed by atoms with Crippen LogP contribution in [0.1, 0.15) is 25.3 Å². The van der Waals surface area contributed by atoms with Crippen molar-refractivity contribution in [1.29, 1.82) is 0 Å². The standard InChI is InChI=1S/C17H17F6N3O2/c1-2-3-8-27-12-6-4-11(5-7-12)25-15-24-9-13(17(21,22)23)14(26-15)28-10-16(18,19)20/h4-7,9H,2-3,8,10H2,1H3,(H,24,25,26). The molecule has 0 aliphatic heterocycles. The second kappa shape index (κ2) is 8.98. The van der Waals surface area contributed by atoms with Crippen LogP contribution in [0.4, 0.5) is 38.0 Å². The molecule has 0 saturated carbocycles. The third-order valence-electron chi connectivity index (χ3n) is 3.31. The summed E-state index contributed by atoms with van der Waals surface area (Å²) in [5, 5.41) is 2.61. The van der Waals surface area contributed by atoms with Gasteiger partial charge in [-0.2, -0.15) is 31.3 Å². The Morgan fingerprint density at radius 1 is 1.00 bits per heavy atom. The van der Waals surface area contributed by atoms with Gasteiger partial charge in [0.2, 0.25) is 11.8 Å². The van der Waals surface area contributed by atoms with Crippen LogP contribution in [0.3, 0.4) is 0 Å². The summed E-state index contributed by atoms with van der Waals surface area (Å²) in [5.74, 6) is -0.951. The Balaban J connectivity index is 2.14. The van der Waals surface area contributed by atoms with Crippen molar-refractivity contribution in [1.82, 2.24) is 9.97 Å². The predicted octanol–water partition coefficient (Wildman–Crippen LogP) is 5.36. The van der Waals surface area contributed by atoms with Gasteiger partial charge in [0.25, 0.3) is 0 Å². The van der Waals surface area contributed by atoms with Crippen LogP contribution in [-0.4, -0.2) is 29.4 Å². The van der Waals surface area contributed by atoms with E-state index in [1.807, 2.05) is 6.92 Å². The molecule has 5 nitrogen and oxygen atoms in total. The van der Waals surface area contributed by atoms with Gasteiger partial charge in [-0.05, 0) is 30.7 Å². The number of nitrogens with zero attached hydrogens (tertiary/aromatic N) is 2. The summed E-state index contributed by atoms with van der Waals surface area (Å²) >= 11 is 0. The van der Waals surface area contributed by atoms with Crippen molar-refractivity contribution in [3.63, 3.8) is 0 Å². The summed E-state index contributed by atoms with van der Waals surface area (Å²) in [6, 6.07) is 6.39. The number of anilines is 2. The van der Waals surface area contributed by atoms with Gasteiger partial charge < -0.3 is 14.8 Å². The molecule has 1 N–H and O–H groups in total. The van der Waals surface area contributed by atoms with Crippen LogP contribution in [0.25, 0.3) is 0 Å². The maximum absolute atomic E-state index is 12.9. The monoisotopic (exact) mass is 409 g/mol. The molecule has 1 aromatic carbocycles. The molecule has 28 heavy (non-hydrogen) atoms. The highest BCUT2D eigenvalue weighted by molar-refractivity contribution is 5.55. The topological polar surface area (TPSA) is 56.3 Å². The van der Waals surface area contributed by atoms with Crippen molar-refractivity contribution in [2.24, 2.45) is 0 Å². The van der Waals surface area contributed by atoms with Crippen LogP contribution in [0, 0.1) is 0 Å². The van der Waals surface area contributed by atoms with Crippen LogP contribution in [0.5, 0.6) is 11.6 Å². The summed E-state index contributed by atoms with van der Waals surface area (Å²) in [6.07, 6.45) is -7.54. The van der Waals surface area contributed by atoms with Gasteiger partial charge >= 0.3 is 12.4 Å². The number of rotatable bonds is 8. The molecule has 0 unspecified atom stereocenters. The van der Waals surface area contributed by atoms with E-state index in [9.17, 15) is 26.3 Å². The molecule has 11 heteroatoms. The van der Waals surface area contributed by atoms with Crippen LogP contribution in [0.2, 0.25) is 0 Å². The summed E-state index contributed by atoms with van der Waals surface area (Å²) in [6.45, 7) is 0.661. The molecular formula is C17H17F6N3O2. The molecular weight excluding hydrogens is 392 g/mol. The Labute approximate surface area is 156 Å². The Morgan fingerprint density at radius 2 is 1.68 bits per heavy atom. The van der Waals surface area contributed by atoms with E-state index in [0.29, 0.717) is 24.2 Å². The van der Waals surface area contributed by atoms with Gasteiger partial charge in [0.05, 0.1) is 6.61 Å². The zero-order chi connectivity index (χ0) is 20.8. The van der Waals surface area contributed by atoms with Crippen molar-refractivity contribution < 1.29 is 35.8 Å². The maximum atomic E-state index is 12.9. The number of hydrogen-bond acceptors (Lipinski definition) is 5. The fourth-order valence-electron chi connectivity index (χ4n) is 1.98. The first-order chi connectivity index (χ1) is 13.1. The molecule has 0 fully saturated rings. The van der Waals surface area contributed by atoms with Gasteiger partial charge in [-0.3, -0.25) is 0 Å². The van der Waals surface area contributed by atoms with Gasteiger partial charge in [0.1, 0.15) is 11.3 Å². The van der Waals surface area contributed by atoms with E-state index in [-0.39, 0.29) is 5.95 Å². The zero-order valence-corrected chi connectivity index (χ0v) is 14.7. The second-order valence-corrected chi connectivity index (χ2v) is 5.67. The van der Waals surface area contributed by atoms with Crippen molar-refractivity contribution in [3.05, 3.63) is 36.0 Å². The minimum Gasteiger partial charge on any atom is -0.494 e. The third kappa shape index (κ3) is 6.78. The number of ether oxygens (including phenoxy) is 2. The first-order valence-corrected chi connectivity index (χ1v) is 8.22. The van der Waals surface area contributed by atoms with Crippen molar-refractivity contribution in [2.45, 2.75) is 32.1 Å². The molecule has 0 amide bonds. The second-order valence-electron chi connectivity index (χ2n) is 5.67. The van der Waals surface area contributed by atoms with Crippen LogP contribution < -0.4 is 14.8 Å². The molecule has 0 aliphatic rings. The number of aromatic nitrogens is 2. The van der Waals surface area contributed by atoms with Crippen LogP contribution in [0.15, 0.2) is 30.5 Å². The van der Waals surface area contributed by atoms with Crippen molar-refractivity contribution in [2.75, 3.05) is 18.5 Å². The number of benzene rings is 1. The highest BCUT2D eigenvalue weighted by atomic mass is 19.4. The third-order valence-corrected chi connectivity index (χ3v) is 3.31. The van der Waals surface area contributed by atoms with E-state index < -0.39 is 30.4 Å². The highest BCUT2D eigenvalue weighted by Crippen LogP contribution is 2.36. The molecule has 0 aliphatic carbocycles.